The fourth-order valence-electron chi connectivity index (χ4n) is 2.04. The molecule has 2 unspecified atom stereocenters. The number of anilines is 1. The van der Waals surface area contributed by atoms with Crippen LogP contribution in [-0.4, -0.2) is 25.0 Å². The van der Waals surface area contributed by atoms with Crippen molar-refractivity contribution in [1.29, 1.82) is 0 Å². The fourth-order valence-corrected chi connectivity index (χ4v) is 2.04. The third-order valence-electron chi connectivity index (χ3n) is 3.01. The molecule has 1 aliphatic heterocycles. The third kappa shape index (κ3) is 2.22. The van der Waals surface area contributed by atoms with E-state index >= 15 is 0 Å². The van der Waals surface area contributed by atoms with Gasteiger partial charge in [0.25, 0.3) is 0 Å². The number of hydrogen-bond acceptors (Lipinski definition) is 4. The summed E-state index contributed by atoms with van der Waals surface area (Å²) < 4.78 is 4.64. The van der Waals surface area contributed by atoms with E-state index in [4.69, 9.17) is 0 Å². The Hall–Kier alpha value is -1.88. The van der Waals surface area contributed by atoms with Crippen LogP contribution in [-0.2, 0) is 14.3 Å². The molecule has 18 heavy (non-hydrogen) atoms. The van der Waals surface area contributed by atoms with Gasteiger partial charge in [0.15, 0.2) is 0 Å². The molecule has 0 radical (unpaired) electrons. The number of nitrogens with one attached hydrogen (secondary N) is 2. The average Bonchev–Trinajstić information content (AvgIpc) is 2.65. The number of esters is 1. The van der Waals surface area contributed by atoms with Crippen LogP contribution in [0, 0.1) is 6.92 Å². The molecule has 5 heteroatoms. The number of aryl methyl sites for hydroxylation is 1. The Bertz CT molecular complexity index is 499. The molecule has 96 valence electrons. The van der Waals surface area contributed by atoms with E-state index in [1.807, 2.05) is 25.1 Å². The van der Waals surface area contributed by atoms with E-state index in [0.29, 0.717) is 0 Å². The van der Waals surface area contributed by atoms with Gasteiger partial charge >= 0.3 is 5.97 Å². The van der Waals surface area contributed by atoms with Crippen molar-refractivity contribution in [2.45, 2.75) is 25.9 Å². The van der Waals surface area contributed by atoms with E-state index in [9.17, 15) is 9.59 Å². The molecule has 1 aromatic carbocycles. The van der Waals surface area contributed by atoms with Gasteiger partial charge in [-0.2, -0.15) is 0 Å². The summed E-state index contributed by atoms with van der Waals surface area (Å²) in [6.07, 6.45) is 0. The van der Waals surface area contributed by atoms with Crippen molar-refractivity contribution in [3.05, 3.63) is 29.3 Å². The minimum Gasteiger partial charge on any atom is -0.468 e. The summed E-state index contributed by atoms with van der Waals surface area (Å²) in [4.78, 5) is 23.2. The number of hydrogen-bond donors (Lipinski definition) is 2. The summed E-state index contributed by atoms with van der Waals surface area (Å²) in [5.74, 6) is -0.532. The van der Waals surface area contributed by atoms with Gasteiger partial charge in [-0.25, -0.2) is 0 Å². The highest BCUT2D eigenvalue weighted by Gasteiger charge is 2.32. The number of rotatable bonds is 3. The van der Waals surface area contributed by atoms with Crippen molar-refractivity contribution in [3.8, 4) is 0 Å². The number of carbonyl (C=O) groups is 2. The van der Waals surface area contributed by atoms with Crippen molar-refractivity contribution >= 4 is 17.6 Å². The number of benzene rings is 1. The summed E-state index contributed by atoms with van der Waals surface area (Å²) in [6.45, 7) is 3.64. The average molecular weight is 248 g/mol. The second kappa shape index (κ2) is 4.78. The minimum absolute atomic E-state index is 0.147. The molecule has 5 nitrogen and oxygen atoms in total. The molecule has 2 atom stereocenters. The molecule has 0 bridgehead atoms. The summed E-state index contributed by atoms with van der Waals surface area (Å²) in [5, 5.41) is 5.76. The standard InChI is InChI=1S/C13H16N2O3/c1-7-4-5-10-9(6-7)11(12(16)15-10)14-8(2)13(17)18-3/h4-6,8,11,14H,1-3H3,(H,15,16). The van der Waals surface area contributed by atoms with Gasteiger partial charge in [0, 0.05) is 11.3 Å². The van der Waals surface area contributed by atoms with Crippen LogP contribution in [0.25, 0.3) is 0 Å². The molecule has 0 aromatic heterocycles. The Morgan fingerprint density at radius 2 is 2.22 bits per heavy atom. The summed E-state index contributed by atoms with van der Waals surface area (Å²) in [6, 6.07) is 4.71. The Morgan fingerprint density at radius 3 is 2.89 bits per heavy atom. The molecule has 1 aromatic rings. The van der Waals surface area contributed by atoms with Crippen LogP contribution in [0.2, 0.25) is 0 Å². The van der Waals surface area contributed by atoms with Gasteiger partial charge in [-0.15, -0.1) is 0 Å². The van der Waals surface area contributed by atoms with Crippen LogP contribution in [0.15, 0.2) is 18.2 Å². The lowest BCUT2D eigenvalue weighted by molar-refractivity contribution is -0.142. The molecular formula is C13H16N2O3. The van der Waals surface area contributed by atoms with E-state index in [1.54, 1.807) is 6.92 Å². The first-order valence-corrected chi connectivity index (χ1v) is 5.78. The highest BCUT2D eigenvalue weighted by molar-refractivity contribution is 6.02. The smallest absolute Gasteiger partial charge is 0.322 e. The van der Waals surface area contributed by atoms with Crippen molar-refractivity contribution < 1.29 is 14.3 Å². The van der Waals surface area contributed by atoms with Crippen molar-refractivity contribution in [2.75, 3.05) is 12.4 Å². The van der Waals surface area contributed by atoms with Crippen LogP contribution < -0.4 is 10.6 Å². The van der Waals surface area contributed by atoms with Gasteiger partial charge in [0.2, 0.25) is 5.91 Å². The van der Waals surface area contributed by atoms with Gasteiger partial charge < -0.3 is 10.1 Å². The Kier molecular flexibility index (Phi) is 3.34. The number of methoxy groups -OCH3 is 1. The SMILES string of the molecule is COC(=O)C(C)NC1C(=O)Nc2ccc(C)cc21. The topological polar surface area (TPSA) is 67.4 Å². The first kappa shape index (κ1) is 12.6. The number of ether oxygens (including phenoxy) is 1. The quantitative estimate of drug-likeness (QED) is 0.787. The lowest BCUT2D eigenvalue weighted by Gasteiger charge is -2.16. The molecule has 1 amide bonds. The Morgan fingerprint density at radius 1 is 1.50 bits per heavy atom. The zero-order valence-electron chi connectivity index (χ0n) is 10.6. The van der Waals surface area contributed by atoms with Crippen LogP contribution >= 0.6 is 0 Å². The fraction of sp³-hybridized carbons (Fsp3) is 0.385. The van der Waals surface area contributed by atoms with E-state index in [2.05, 4.69) is 15.4 Å². The van der Waals surface area contributed by atoms with Gasteiger partial charge in [-0.1, -0.05) is 17.7 Å². The monoisotopic (exact) mass is 248 g/mol. The lowest BCUT2D eigenvalue weighted by Crippen LogP contribution is -2.40. The van der Waals surface area contributed by atoms with E-state index in [-0.39, 0.29) is 11.9 Å². The molecule has 2 rings (SSSR count). The number of carbonyl (C=O) groups excluding carboxylic acids is 2. The maximum Gasteiger partial charge on any atom is 0.322 e. The summed E-state index contributed by atoms with van der Waals surface area (Å²) in [7, 11) is 1.33. The first-order chi connectivity index (χ1) is 8.52. The van der Waals surface area contributed by atoms with E-state index in [0.717, 1.165) is 16.8 Å². The normalized spacial score (nSPS) is 19.1. The van der Waals surface area contributed by atoms with E-state index in [1.165, 1.54) is 7.11 Å². The molecule has 1 heterocycles. The van der Waals surface area contributed by atoms with Crippen LogP contribution in [0.3, 0.4) is 0 Å². The van der Waals surface area contributed by atoms with Crippen LogP contribution in [0.1, 0.15) is 24.1 Å². The van der Waals surface area contributed by atoms with Crippen molar-refractivity contribution in [1.82, 2.24) is 5.32 Å². The lowest BCUT2D eigenvalue weighted by atomic mass is 10.0. The highest BCUT2D eigenvalue weighted by Crippen LogP contribution is 2.31. The largest absolute Gasteiger partial charge is 0.468 e. The Balaban J connectivity index is 2.22. The third-order valence-corrected chi connectivity index (χ3v) is 3.01. The minimum atomic E-state index is -0.530. The van der Waals surface area contributed by atoms with Crippen LogP contribution in [0.4, 0.5) is 5.69 Å². The number of fused-ring (bicyclic) bond motifs is 1. The maximum atomic E-state index is 11.9. The second-order valence-electron chi connectivity index (χ2n) is 4.42. The molecule has 0 aliphatic carbocycles. The van der Waals surface area contributed by atoms with Gasteiger partial charge in [-0.05, 0) is 19.9 Å². The predicted octanol–water partition coefficient (Wildman–Crippen LogP) is 1.14. The predicted molar refractivity (Wildman–Crippen MR) is 67.2 cm³/mol. The molecule has 0 spiro atoms. The van der Waals surface area contributed by atoms with Crippen molar-refractivity contribution in [3.63, 3.8) is 0 Å². The zero-order valence-corrected chi connectivity index (χ0v) is 10.6. The highest BCUT2D eigenvalue weighted by atomic mass is 16.5. The number of amides is 1. The first-order valence-electron chi connectivity index (χ1n) is 5.78. The van der Waals surface area contributed by atoms with Gasteiger partial charge in [0.1, 0.15) is 12.1 Å². The van der Waals surface area contributed by atoms with Gasteiger partial charge in [-0.3, -0.25) is 14.9 Å². The molecule has 0 saturated heterocycles. The zero-order chi connectivity index (χ0) is 13.3. The molecule has 2 N–H and O–H groups in total. The summed E-state index contributed by atoms with van der Waals surface area (Å²) >= 11 is 0. The van der Waals surface area contributed by atoms with E-state index < -0.39 is 12.1 Å². The molecule has 0 saturated carbocycles. The van der Waals surface area contributed by atoms with Crippen LogP contribution in [0.5, 0.6) is 0 Å². The second-order valence-corrected chi connectivity index (χ2v) is 4.42. The van der Waals surface area contributed by atoms with Crippen molar-refractivity contribution in [2.24, 2.45) is 0 Å². The van der Waals surface area contributed by atoms with Gasteiger partial charge in [0.05, 0.1) is 7.11 Å². The molecule has 1 aliphatic rings. The maximum absolute atomic E-state index is 11.9. The molecule has 0 fully saturated rings. The molecular weight excluding hydrogens is 232 g/mol. The summed E-state index contributed by atoms with van der Waals surface area (Å²) in [5.41, 5.74) is 2.73. The Labute approximate surface area is 106 Å².